The van der Waals surface area contributed by atoms with E-state index in [2.05, 4.69) is 96.4 Å². The summed E-state index contributed by atoms with van der Waals surface area (Å²) in [5, 5.41) is 7.31. The molecule has 0 atom stereocenters. The Morgan fingerprint density at radius 2 is 1.30 bits per heavy atom. The van der Waals surface area contributed by atoms with Gasteiger partial charge in [0, 0.05) is 0 Å². The van der Waals surface area contributed by atoms with Crippen LogP contribution in [0, 0.1) is 0 Å². The van der Waals surface area contributed by atoms with Crippen molar-refractivity contribution in [3.63, 3.8) is 0 Å². The molecule has 0 saturated heterocycles. The molecule has 33 heavy (non-hydrogen) atoms. The maximum atomic E-state index is 6.64. The van der Waals surface area contributed by atoms with Crippen LogP contribution in [0.5, 0.6) is 0 Å². The molecule has 2 aromatic carbocycles. The third-order valence-electron chi connectivity index (χ3n) is 5.93. The molecule has 2 aromatic rings. The molecule has 0 unspecified atom stereocenters. The van der Waals surface area contributed by atoms with Gasteiger partial charge in [-0.1, -0.05) is 33.8 Å². The summed E-state index contributed by atoms with van der Waals surface area (Å²) in [5.41, 5.74) is 7.75. The molecule has 2 N–H and O–H groups in total. The summed E-state index contributed by atoms with van der Waals surface area (Å²) in [6.45, 7) is 19.9. The second kappa shape index (κ2) is 13.2. The van der Waals surface area contributed by atoms with Crippen LogP contribution in [0.25, 0.3) is 0 Å². The van der Waals surface area contributed by atoms with Gasteiger partial charge in [0.15, 0.2) is 0 Å². The normalized spacial score (nSPS) is 12.1. The van der Waals surface area contributed by atoms with Crippen LogP contribution < -0.4 is 15.1 Å². The number of nitrogens with one attached hydrogen (secondary N) is 2. The van der Waals surface area contributed by atoms with E-state index in [1.165, 1.54) is 33.6 Å². The van der Waals surface area contributed by atoms with E-state index in [1.54, 1.807) is 0 Å². The molecule has 0 amide bonds. The molecule has 0 bridgehead atoms. The van der Waals surface area contributed by atoms with Crippen LogP contribution in [0.4, 0.5) is 11.4 Å². The summed E-state index contributed by atoms with van der Waals surface area (Å²) in [5.74, 6) is 1.73. The van der Waals surface area contributed by atoms with Crippen LogP contribution in [0.15, 0.2) is 30.3 Å². The van der Waals surface area contributed by atoms with Crippen molar-refractivity contribution < 1.29 is 13.8 Å². The number of nitrogens with zero attached hydrogens (tertiary/aromatic N) is 1. The zero-order valence-corrected chi connectivity index (χ0v) is 23.9. The van der Waals surface area contributed by atoms with Gasteiger partial charge in [-0.05, 0) is 0 Å². The van der Waals surface area contributed by atoms with E-state index in [0.29, 0.717) is 30.3 Å². The quantitative estimate of drug-likeness (QED) is 0.212. The van der Waals surface area contributed by atoms with E-state index in [0.717, 1.165) is 31.4 Å². The van der Waals surface area contributed by atoms with E-state index >= 15 is 0 Å². The monoisotopic (exact) mass is 536 g/mol. The molecule has 0 aromatic heterocycles. The molecular weight excluding hydrogens is 496 g/mol. The summed E-state index contributed by atoms with van der Waals surface area (Å²) >= 11 is 7.45. The minimum atomic E-state index is 0.374. The number of hydrogen-bond donors (Lipinski definition) is 2. The van der Waals surface area contributed by atoms with Gasteiger partial charge in [-0.3, -0.25) is 0 Å². The number of rotatable bonds is 12. The van der Waals surface area contributed by atoms with Crippen molar-refractivity contribution in [2.45, 2.75) is 79.1 Å². The Balaban J connectivity index is 2.10. The number of benzene rings is 2. The Bertz CT molecular complexity index is 871. The van der Waals surface area contributed by atoms with Crippen molar-refractivity contribution in [2.75, 3.05) is 30.4 Å². The molecule has 0 aliphatic carbocycles. The SMILES string of the molecule is CC(C)c1cccc(C(C)C)c1NCCN(Cl)CNc1c(C(C)C)cc[c]([Co][Cl])c1C(C)C. The molecule has 0 aliphatic heterocycles. The van der Waals surface area contributed by atoms with Crippen LogP contribution >= 0.6 is 21.9 Å². The van der Waals surface area contributed by atoms with Crippen molar-refractivity contribution in [3.8, 4) is 0 Å². The topological polar surface area (TPSA) is 27.3 Å². The van der Waals surface area contributed by atoms with Gasteiger partial charge in [-0.25, -0.2) is 0 Å². The standard InChI is InChI=1S/C27H41ClN3.ClH.Co/c1-18(2)22-11-9-12-23(19(3)4)26(22)29-15-16-31(28)17-30-27-24(20(5)6)13-10-14-25(27)21(7)8;;/h9-13,18-21,29-30H,15-17H2,1-8H3;1H;/q;;+1/p-1. The first kappa shape index (κ1) is 28.3. The first-order valence-corrected chi connectivity index (χ1v) is 14.3. The van der Waals surface area contributed by atoms with Crippen molar-refractivity contribution >= 4 is 37.8 Å². The van der Waals surface area contributed by atoms with E-state index in [1.807, 2.05) is 4.42 Å². The predicted molar refractivity (Wildman–Crippen MR) is 144 cm³/mol. The fourth-order valence-corrected chi connectivity index (χ4v) is 5.47. The summed E-state index contributed by atoms with van der Waals surface area (Å²) < 4.78 is 2.98. The van der Waals surface area contributed by atoms with Crippen LogP contribution in [0.1, 0.15) is 101 Å². The van der Waals surface area contributed by atoms with Crippen molar-refractivity contribution in [2.24, 2.45) is 0 Å². The Labute approximate surface area is 217 Å². The molecule has 0 fully saturated rings. The summed E-state index contributed by atoms with van der Waals surface area (Å²) in [6, 6.07) is 11.0. The summed E-state index contributed by atoms with van der Waals surface area (Å²) in [7, 11) is 6.24. The van der Waals surface area contributed by atoms with E-state index in [9.17, 15) is 0 Å². The van der Waals surface area contributed by atoms with E-state index in [4.69, 9.17) is 21.9 Å². The molecule has 6 heteroatoms. The first-order chi connectivity index (χ1) is 15.6. The zero-order valence-electron chi connectivity index (χ0n) is 21.4. The molecule has 187 valence electrons. The van der Waals surface area contributed by atoms with Gasteiger partial charge < -0.3 is 0 Å². The van der Waals surface area contributed by atoms with Gasteiger partial charge in [0.1, 0.15) is 0 Å². The van der Waals surface area contributed by atoms with Crippen molar-refractivity contribution in [1.82, 2.24) is 4.42 Å². The number of anilines is 2. The van der Waals surface area contributed by atoms with E-state index in [-0.39, 0.29) is 0 Å². The van der Waals surface area contributed by atoms with Crippen LogP contribution in [0.3, 0.4) is 0 Å². The Morgan fingerprint density at radius 1 is 0.758 bits per heavy atom. The second-order valence-corrected chi connectivity index (χ2v) is 11.6. The van der Waals surface area contributed by atoms with Gasteiger partial charge in [0.25, 0.3) is 0 Å². The molecule has 0 spiro atoms. The molecule has 3 nitrogen and oxygen atoms in total. The van der Waals surface area contributed by atoms with Crippen LogP contribution in [-0.4, -0.2) is 24.2 Å². The first-order valence-electron chi connectivity index (χ1n) is 12.0. The number of halogens is 2. The molecule has 2 rings (SSSR count). The maximum absolute atomic E-state index is 6.64. The predicted octanol–water partition coefficient (Wildman–Crippen LogP) is 7.98. The Kier molecular flexibility index (Phi) is 11.4. The molecule has 0 radical (unpaired) electrons. The Hall–Kier alpha value is -0.914. The third kappa shape index (κ3) is 7.53. The molecule has 0 heterocycles. The molecule has 0 aliphatic rings. The van der Waals surface area contributed by atoms with Crippen molar-refractivity contribution in [3.05, 3.63) is 52.6 Å². The zero-order chi connectivity index (χ0) is 24.7. The molecule has 0 saturated carbocycles. The van der Waals surface area contributed by atoms with Gasteiger partial charge in [-0.15, -0.1) is 0 Å². The average molecular weight is 537 g/mol. The Morgan fingerprint density at radius 3 is 1.79 bits per heavy atom. The minimum absolute atomic E-state index is 0.374. The van der Waals surface area contributed by atoms with Crippen LogP contribution in [0.2, 0.25) is 0 Å². The fourth-order valence-electron chi connectivity index (χ4n) is 4.19. The number of para-hydroxylation sites is 1. The van der Waals surface area contributed by atoms with Gasteiger partial charge in [0.05, 0.1) is 0 Å². The fraction of sp³-hybridized carbons (Fsp3) is 0.556. The second-order valence-electron chi connectivity index (χ2n) is 9.84. The van der Waals surface area contributed by atoms with Gasteiger partial charge in [-0.2, -0.15) is 0 Å². The van der Waals surface area contributed by atoms with Crippen LogP contribution in [-0.2, 0) is 13.8 Å². The van der Waals surface area contributed by atoms with E-state index < -0.39 is 0 Å². The van der Waals surface area contributed by atoms with Gasteiger partial charge >= 0.3 is 184 Å². The van der Waals surface area contributed by atoms with Crippen molar-refractivity contribution in [1.29, 1.82) is 0 Å². The summed E-state index contributed by atoms with van der Waals surface area (Å²) in [6.07, 6.45) is 0. The van der Waals surface area contributed by atoms with Gasteiger partial charge in [0.2, 0.25) is 0 Å². The molecular formula is C27H41Cl2CoN3. The summed E-state index contributed by atoms with van der Waals surface area (Å²) in [4.78, 5) is 0. The third-order valence-corrected chi connectivity index (χ3v) is 7.44. The number of hydrogen-bond acceptors (Lipinski definition) is 3. The average Bonchev–Trinajstić information content (AvgIpc) is 2.76.